The third-order valence-electron chi connectivity index (χ3n) is 1.85. The minimum atomic E-state index is 0.0757. The molecule has 4 heteroatoms. The molecule has 1 aromatic heterocycles. The molecule has 0 fully saturated rings. The SMILES string of the molecule is CCCNc1cccc2n[se]nc12. The standard InChI is InChI=1S/C9H11N3Se/c1-2-6-10-7-4-3-5-8-9(7)12-13-11-8/h3-5,10H,2,6H2,1H3. The molecular weight excluding hydrogens is 229 g/mol. The maximum atomic E-state index is 4.39. The van der Waals surface area contributed by atoms with Gasteiger partial charge in [0, 0.05) is 0 Å². The third-order valence-corrected chi connectivity index (χ3v) is 2.99. The van der Waals surface area contributed by atoms with Gasteiger partial charge in [-0.2, -0.15) is 0 Å². The average Bonchev–Trinajstić information content (AvgIpc) is 2.62. The molecule has 0 bridgehead atoms. The average molecular weight is 240 g/mol. The van der Waals surface area contributed by atoms with Crippen LogP contribution in [0.4, 0.5) is 5.69 Å². The number of hydrogen-bond donors (Lipinski definition) is 1. The van der Waals surface area contributed by atoms with Crippen LogP contribution in [0.2, 0.25) is 0 Å². The summed E-state index contributed by atoms with van der Waals surface area (Å²) < 4.78 is 8.71. The van der Waals surface area contributed by atoms with Gasteiger partial charge in [0.1, 0.15) is 0 Å². The Bertz CT molecular complexity index is 396. The molecule has 0 amide bonds. The first-order valence-corrected chi connectivity index (χ1v) is 5.90. The molecule has 0 aliphatic carbocycles. The first-order chi connectivity index (χ1) is 6.42. The van der Waals surface area contributed by atoms with Crippen molar-refractivity contribution in [2.45, 2.75) is 13.3 Å². The summed E-state index contributed by atoms with van der Waals surface area (Å²) in [6.45, 7) is 3.15. The number of nitrogens with one attached hydrogen (secondary N) is 1. The molecule has 0 saturated carbocycles. The maximum absolute atomic E-state index is 4.39. The van der Waals surface area contributed by atoms with Crippen LogP contribution in [0.1, 0.15) is 13.3 Å². The van der Waals surface area contributed by atoms with E-state index in [1.807, 2.05) is 12.1 Å². The van der Waals surface area contributed by atoms with Gasteiger partial charge in [0.25, 0.3) is 0 Å². The summed E-state index contributed by atoms with van der Waals surface area (Å²) >= 11 is 0.0757. The van der Waals surface area contributed by atoms with Gasteiger partial charge >= 0.3 is 83.0 Å². The third kappa shape index (κ3) is 1.74. The summed E-state index contributed by atoms with van der Waals surface area (Å²) in [6.07, 6.45) is 1.13. The summed E-state index contributed by atoms with van der Waals surface area (Å²) in [5.74, 6) is 0. The van der Waals surface area contributed by atoms with E-state index in [4.69, 9.17) is 0 Å². The Hall–Kier alpha value is -0.861. The topological polar surface area (TPSA) is 37.8 Å². The van der Waals surface area contributed by atoms with Crippen LogP contribution in [0, 0.1) is 0 Å². The van der Waals surface area contributed by atoms with Crippen molar-refractivity contribution >= 4 is 31.7 Å². The zero-order chi connectivity index (χ0) is 9.10. The number of hydrogen-bond acceptors (Lipinski definition) is 3. The predicted octanol–water partition coefficient (Wildman–Crippen LogP) is 1.51. The Labute approximate surface area is 83.4 Å². The Balaban J connectivity index is 2.37. The van der Waals surface area contributed by atoms with Crippen LogP contribution in [0.25, 0.3) is 11.0 Å². The van der Waals surface area contributed by atoms with Crippen LogP contribution in [-0.2, 0) is 0 Å². The van der Waals surface area contributed by atoms with Crippen molar-refractivity contribution in [1.29, 1.82) is 0 Å². The molecule has 13 heavy (non-hydrogen) atoms. The number of fused-ring (bicyclic) bond motifs is 1. The van der Waals surface area contributed by atoms with Crippen molar-refractivity contribution < 1.29 is 0 Å². The minimum absolute atomic E-state index is 0.0757. The second-order valence-electron chi connectivity index (χ2n) is 2.86. The Kier molecular flexibility index (Phi) is 2.62. The molecule has 1 aromatic carbocycles. The molecule has 0 aliphatic rings. The van der Waals surface area contributed by atoms with Crippen LogP contribution in [0.5, 0.6) is 0 Å². The second kappa shape index (κ2) is 3.90. The molecule has 0 aliphatic heterocycles. The summed E-state index contributed by atoms with van der Waals surface area (Å²) in [5, 5.41) is 3.35. The zero-order valence-corrected chi connectivity index (χ0v) is 9.16. The quantitative estimate of drug-likeness (QED) is 0.826. The van der Waals surface area contributed by atoms with Crippen molar-refractivity contribution in [3.8, 4) is 0 Å². The molecule has 2 aromatic rings. The molecule has 1 N–H and O–H groups in total. The summed E-state index contributed by atoms with van der Waals surface area (Å²) in [4.78, 5) is 0. The zero-order valence-electron chi connectivity index (χ0n) is 7.45. The molecule has 0 atom stereocenters. The van der Waals surface area contributed by atoms with Crippen LogP contribution in [-0.4, -0.2) is 29.5 Å². The molecule has 0 saturated heterocycles. The van der Waals surface area contributed by atoms with E-state index in [0.717, 1.165) is 29.7 Å². The van der Waals surface area contributed by atoms with Crippen LogP contribution in [0.3, 0.4) is 0 Å². The molecule has 0 spiro atoms. The molecule has 0 unspecified atom stereocenters. The van der Waals surface area contributed by atoms with E-state index in [-0.39, 0.29) is 15.0 Å². The van der Waals surface area contributed by atoms with E-state index in [0.29, 0.717) is 0 Å². The van der Waals surface area contributed by atoms with Crippen LogP contribution in [0.15, 0.2) is 18.2 Å². The first kappa shape index (κ1) is 8.73. The van der Waals surface area contributed by atoms with E-state index < -0.39 is 0 Å². The summed E-state index contributed by atoms with van der Waals surface area (Å²) in [7, 11) is 0. The van der Waals surface area contributed by atoms with E-state index >= 15 is 0 Å². The van der Waals surface area contributed by atoms with Gasteiger partial charge in [0.2, 0.25) is 0 Å². The molecule has 1 heterocycles. The number of nitrogens with zero attached hydrogens (tertiary/aromatic N) is 2. The van der Waals surface area contributed by atoms with Gasteiger partial charge in [-0.05, 0) is 0 Å². The number of anilines is 1. The van der Waals surface area contributed by atoms with Gasteiger partial charge in [-0.25, -0.2) is 0 Å². The van der Waals surface area contributed by atoms with Crippen molar-refractivity contribution in [3.05, 3.63) is 18.2 Å². The van der Waals surface area contributed by atoms with Gasteiger partial charge in [0.15, 0.2) is 0 Å². The van der Waals surface area contributed by atoms with Gasteiger partial charge in [-0.3, -0.25) is 0 Å². The molecule has 0 radical (unpaired) electrons. The fourth-order valence-electron chi connectivity index (χ4n) is 1.21. The van der Waals surface area contributed by atoms with E-state index in [9.17, 15) is 0 Å². The molecule has 68 valence electrons. The predicted molar refractivity (Wildman–Crippen MR) is 55.3 cm³/mol. The second-order valence-corrected chi connectivity index (χ2v) is 3.97. The van der Waals surface area contributed by atoms with Gasteiger partial charge < -0.3 is 0 Å². The van der Waals surface area contributed by atoms with Crippen LogP contribution < -0.4 is 5.32 Å². The van der Waals surface area contributed by atoms with E-state index in [1.54, 1.807) is 0 Å². The first-order valence-electron chi connectivity index (χ1n) is 4.37. The molecule has 3 nitrogen and oxygen atoms in total. The number of aromatic nitrogens is 2. The van der Waals surface area contributed by atoms with Gasteiger partial charge in [-0.15, -0.1) is 0 Å². The van der Waals surface area contributed by atoms with Gasteiger partial charge in [0.05, 0.1) is 0 Å². The summed E-state index contributed by atoms with van der Waals surface area (Å²) in [6, 6.07) is 6.11. The van der Waals surface area contributed by atoms with Crippen molar-refractivity contribution in [1.82, 2.24) is 7.96 Å². The normalized spacial score (nSPS) is 10.5. The number of rotatable bonds is 3. The summed E-state index contributed by atoms with van der Waals surface area (Å²) in [5.41, 5.74) is 3.22. The number of benzene rings is 1. The Morgan fingerprint density at radius 3 is 3.15 bits per heavy atom. The van der Waals surface area contributed by atoms with Crippen LogP contribution >= 0.6 is 0 Å². The molecule has 2 rings (SSSR count). The fourth-order valence-corrected chi connectivity index (χ4v) is 2.36. The van der Waals surface area contributed by atoms with E-state index in [2.05, 4.69) is 26.3 Å². The molecular formula is C9H11N3Se. The van der Waals surface area contributed by atoms with Crippen molar-refractivity contribution in [2.24, 2.45) is 0 Å². The fraction of sp³-hybridized carbons (Fsp3) is 0.333. The Morgan fingerprint density at radius 2 is 2.31 bits per heavy atom. The van der Waals surface area contributed by atoms with E-state index in [1.165, 1.54) is 0 Å². The van der Waals surface area contributed by atoms with Crippen molar-refractivity contribution in [2.75, 3.05) is 11.9 Å². The monoisotopic (exact) mass is 241 g/mol. The van der Waals surface area contributed by atoms with Gasteiger partial charge in [-0.1, -0.05) is 0 Å². The van der Waals surface area contributed by atoms with Crippen molar-refractivity contribution in [3.63, 3.8) is 0 Å². The Morgan fingerprint density at radius 1 is 1.38 bits per heavy atom.